The minimum atomic E-state index is -0.422. The van der Waals surface area contributed by atoms with Crippen molar-refractivity contribution in [2.24, 2.45) is 0 Å². The highest BCUT2D eigenvalue weighted by atomic mass is 19.1. The van der Waals surface area contributed by atoms with E-state index in [4.69, 9.17) is 10.5 Å². The molecule has 0 fully saturated rings. The molecule has 0 bridgehead atoms. The average molecular weight is 320 g/mol. The molecule has 0 radical (unpaired) electrons. The lowest BCUT2D eigenvalue weighted by molar-refractivity contribution is 0.444. The van der Waals surface area contributed by atoms with Crippen LogP contribution in [0.3, 0.4) is 0 Å². The Morgan fingerprint density at radius 2 is 1.88 bits per heavy atom. The van der Waals surface area contributed by atoms with E-state index >= 15 is 0 Å². The molecule has 3 aromatic heterocycles. The molecular weight excluding hydrogens is 307 g/mol. The zero-order valence-electron chi connectivity index (χ0n) is 12.6. The van der Waals surface area contributed by atoms with Crippen molar-refractivity contribution in [3.05, 3.63) is 72.9 Å². The summed E-state index contributed by atoms with van der Waals surface area (Å²) in [6.45, 7) is 0. The highest BCUT2D eigenvalue weighted by Crippen LogP contribution is 2.34. The number of para-hydroxylation sites is 1. The van der Waals surface area contributed by atoms with Crippen LogP contribution in [0.15, 0.2) is 67.1 Å². The second-order valence-corrected chi connectivity index (χ2v) is 5.22. The topological polar surface area (TPSA) is 65.4 Å². The molecule has 24 heavy (non-hydrogen) atoms. The third-order valence-corrected chi connectivity index (χ3v) is 3.67. The molecule has 5 nitrogen and oxygen atoms in total. The molecule has 4 aromatic rings. The molecule has 6 heteroatoms. The Hall–Kier alpha value is -3.41. The van der Waals surface area contributed by atoms with E-state index in [9.17, 15) is 4.39 Å². The van der Waals surface area contributed by atoms with Gasteiger partial charge in [-0.15, -0.1) is 0 Å². The van der Waals surface area contributed by atoms with Crippen molar-refractivity contribution in [1.29, 1.82) is 0 Å². The van der Waals surface area contributed by atoms with Gasteiger partial charge in [0.1, 0.15) is 11.3 Å². The van der Waals surface area contributed by atoms with Gasteiger partial charge in [0.25, 0.3) is 0 Å². The predicted octanol–water partition coefficient (Wildman–Crippen LogP) is 3.91. The highest BCUT2D eigenvalue weighted by Gasteiger charge is 2.13. The predicted molar refractivity (Wildman–Crippen MR) is 89.3 cm³/mol. The van der Waals surface area contributed by atoms with Crippen molar-refractivity contribution in [2.45, 2.75) is 0 Å². The quantitative estimate of drug-likeness (QED) is 0.621. The molecule has 3 heterocycles. The maximum atomic E-state index is 13.9. The summed E-state index contributed by atoms with van der Waals surface area (Å²) in [6, 6.07) is 13.5. The van der Waals surface area contributed by atoms with Crippen LogP contribution in [0.4, 0.5) is 10.2 Å². The number of anilines is 1. The Kier molecular flexibility index (Phi) is 3.35. The Bertz CT molecular complexity index is 1010. The Morgan fingerprint density at radius 3 is 2.67 bits per heavy atom. The molecule has 0 aliphatic heterocycles. The van der Waals surface area contributed by atoms with Crippen LogP contribution in [-0.4, -0.2) is 14.6 Å². The third-order valence-electron chi connectivity index (χ3n) is 3.67. The molecule has 0 saturated carbocycles. The second kappa shape index (κ2) is 5.66. The molecule has 118 valence electrons. The number of hydrogen-bond donors (Lipinski definition) is 1. The summed E-state index contributed by atoms with van der Waals surface area (Å²) in [6.07, 6.45) is 5.11. The lowest BCUT2D eigenvalue weighted by atomic mass is 10.1. The lowest BCUT2D eigenvalue weighted by Crippen LogP contribution is -1.95. The van der Waals surface area contributed by atoms with Gasteiger partial charge in [0.15, 0.2) is 17.3 Å². The number of aromatic nitrogens is 3. The van der Waals surface area contributed by atoms with E-state index in [1.54, 1.807) is 47.2 Å². The molecule has 0 aliphatic rings. The van der Waals surface area contributed by atoms with Gasteiger partial charge in [-0.25, -0.2) is 13.9 Å². The van der Waals surface area contributed by atoms with Gasteiger partial charge in [-0.3, -0.25) is 0 Å². The summed E-state index contributed by atoms with van der Waals surface area (Å²) in [5, 5.41) is 4.27. The minimum Gasteiger partial charge on any atom is -0.452 e. The maximum Gasteiger partial charge on any atom is 0.165 e. The van der Waals surface area contributed by atoms with Gasteiger partial charge in [0.05, 0.1) is 6.20 Å². The van der Waals surface area contributed by atoms with Gasteiger partial charge in [-0.05, 0) is 30.3 Å². The monoisotopic (exact) mass is 320 g/mol. The standard InChI is InChI=1S/C18H13FN4O/c19-14-3-1-2-4-15(14)24-16-7-9-22-23-10-8-13(18(16)23)12-5-6-17(20)21-11-12/h1-11H,(H2,20,21). The van der Waals surface area contributed by atoms with Crippen molar-refractivity contribution < 1.29 is 9.13 Å². The molecule has 0 aliphatic carbocycles. The van der Waals surface area contributed by atoms with Gasteiger partial charge >= 0.3 is 0 Å². The fraction of sp³-hybridized carbons (Fsp3) is 0. The summed E-state index contributed by atoms with van der Waals surface area (Å²) < 4.78 is 21.4. The molecule has 2 N–H and O–H groups in total. The maximum absolute atomic E-state index is 13.9. The minimum absolute atomic E-state index is 0.160. The van der Waals surface area contributed by atoms with Crippen LogP contribution in [0, 0.1) is 5.82 Å². The SMILES string of the molecule is Nc1ccc(-c2ccn3nccc(Oc4ccccc4F)c23)cn1. The number of nitrogen functional groups attached to an aromatic ring is 1. The number of nitrogens with two attached hydrogens (primary N) is 1. The highest BCUT2D eigenvalue weighted by molar-refractivity contribution is 5.85. The number of nitrogens with zero attached hydrogens (tertiary/aromatic N) is 3. The normalized spacial score (nSPS) is 10.9. The summed E-state index contributed by atoms with van der Waals surface area (Å²) in [5.41, 5.74) is 8.13. The number of hydrogen-bond acceptors (Lipinski definition) is 4. The molecule has 4 rings (SSSR count). The van der Waals surface area contributed by atoms with E-state index in [0.29, 0.717) is 11.6 Å². The van der Waals surface area contributed by atoms with E-state index in [0.717, 1.165) is 16.6 Å². The van der Waals surface area contributed by atoms with Gasteiger partial charge < -0.3 is 10.5 Å². The van der Waals surface area contributed by atoms with Crippen LogP contribution in [-0.2, 0) is 0 Å². The summed E-state index contributed by atoms with van der Waals surface area (Å²) in [7, 11) is 0. The van der Waals surface area contributed by atoms with Crippen LogP contribution in [0.5, 0.6) is 11.5 Å². The van der Waals surface area contributed by atoms with E-state index in [1.165, 1.54) is 6.07 Å². The third kappa shape index (κ3) is 2.44. The largest absolute Gasteiger partial charge is 0.452 e. The van der Waals surface area contributed by atoms with Crippen molar-refractivity contribution >= 4 is 11.3 Å². The first-order chi connectivity index (χ1) is 11.7. The van der Waals surface area contributed by atoms with E-state index < -0.39 is 5.82 Å². The van der Waals surface area contributed by atoms with Gasteiger partial charge in [-0.1, -0.05) is 12.1 Å². The van der Waals surface area contributed by atoms with Crippen LogP contribution >= 0.6 is 0 Å². The zero-order valence-corrected chi connectivity index (χ0v) is 12.6. The fourth-order valence-corrected chi connectivity index (χ4v) is 2.54. The molecule has 0 saturated heterocycles. The Balaban J connectivity index is 1.86. The number of rotatable bonds is 3. The van der Waals surface area contributed by atoms with Crippen molar-refractivity contribution in [3.8, 4) is 22.6 Å². The van der Waals surface area contributed by atoms with Gasteiger partial charge in [-0.2, -0.15) is 5.10 Å². The Labute approximate surface area is 137 Å². The number of ether oxygens (including phenoxy) is 1. The van der Waals surface area contributed by atoms with Crippen LogP contribution in [0.1, 0.15) is 0 Å². The van der Waals surface area contributed by atoms with E-state index in [1.807, 2.05) is 18.3 Å². The average Bonchev–Trinajstić information content (AvgIpc) is 3.03. The number of halogens is 1. The number of pyridine rings is 1. The van der Waals surface area contributed by atoms with Crippen LogP contribution in [0.2, 0.25) is 0 Å². The molecular formula is C18H13FN4O. The van der Waals surface area contributed by atoms with Crippen molar-refractivity contribution in [1.82, 2.24) is 14.6 Å². The molecule has 0 unspecified atom stereocenters. The first-order valence-electron chi connectivity index (χ1n) is 7.33. The molecule has 0 amide bonds. The molecule has 1 aromatic carbocycles. The van der Waals surface area contributed by atoms with Crippen LogP contribution < -0.4 is 10.5 Å². The second-order valence-electron chi connectivity index (χ2n) is 5.22. The smallest absolute Gasteiger partial charge is 0.165 e. The van der Waals surface area contributed by atoms with E-state index in [2.05, 4.69) is 10.1 Å². The van der Waals surface area contributed by atoms with Gasteiger partial charge in [0.2, 0.25) is 0 Å². The first kappa shape index (κ1) is 14.2. The molecule has 0 spiro atoms. The van der Waals surface area contributed by atoms with Crippen molar-refractivity contribution in [2.75, 3.05) is 5.73 Å². The first-order valence-corrected chi connectivity index (χ1v) is 7.33. The zero-order chi connectivity index (χ0) is 16.5. The van der Waals surface area contributed by atoms with Gasteiger partial charge in [0, 0.05) is 29.6 Å². The van der Waals surface area contributed by atoms with E-state index in [-0.39, 0.29) is 5.75 Å². The number of fused-ring (bicyclic) bond motifs is 1. The molecule has 0 atom stereocenters. The summed E-state index contributed by atoms with van der Waals surface area (Å²) >= 11 is 0. The lowest BCUT2D eigenvalue weighted by Gasteiger charge is -2.10. The summed E-state index contributed by atoms with van der Waals surface area (Å²) in [4.78, 5) is 4.12. The number of benzene rings is 1. The van der Waals surface area contributed by atoms with Crippen LogP contribution in [0.25, 0.3) is 16.6 Å². The van der Waals surface area contributed by atoms with Crippen molar-refractivity contribution in [3.63, 3.8) is 0 Å². The summed E-state index contributed by atoms with van der Waals surface area (Å²) in [5.74, 6) is 0.693. The fourth-order valence-electron chi connectivity index (χ4n) is 2.54. The Morgan fingerprint density at radius 1 is 1.00 bits per heavy atom.